The molecule has 1 aromatic carbocycles. The average molecular weight is 322 g/mol. The number of nitrogens with zero attached hydrogens (tertiary/aromatic N) is 3. The summed E-state index contributed by atoms with van der Waals surface area (Å²) < 4.78 is 2.07. The van der Waals surface area contributed by atoms with Gasteiger partial charge >= 0.3 is 0 Å². The highest BCUT2D eigenvalue weighted by atomic mass is 15.3. The van der Waals surface area contributed by atoms with Crippen LogP contribution in [0.3, 0.4) is 0 Å². The van der Waals surface area contributed by atoms with E-state index in [1.807, 2.05) is 12.3 Å². The molecule has 4 rings (SSSR count). The molecule has 0 radical (unpaired) electrons. The summed E-state index contributed by atoms with van der Waals surface area (Å²) >= 11 is 0. The van der Waals surface area contributed by atoms with E-state index in [-0.39, 0.29) is 0 Å². The topological polar surface area (TPSA) is 36.9 Å². The van der Waals surface area contributed by atoms with Gasteiger partial charge in [0.1, 0.15) is 0 Å². The van der Waals surface area contributed by atoms with Crippen LogP contribution in [0.15, 0.2) is 36.7 Å². The Labute approximate surface area is 143 Å². The summed E-state index contributed by atoms with van der Waals surface area (Å²) in [7, 11) is 0. The number of hydrogen-bond donors (Lipinski definition) is 1. The molecule has 4 nitrogen and oxygen atoms in total. The number of benzene rings is 1. The van der Waals surface area contributed by atoms with Crippen LogP contribution in [0, 0.1) is 19.8 Å². The zero-order valence-electron chi connectivity index (χ0n) is 14.6. The largest absolute Gasteiger partial charge is 0.358 e. The number of rotatable bonds is 4. The first-order valence-electron chi connectivity index (χ1n) is 8.97. The van der Waals surface area contributed by atoms with Crippen LogP contribution in [0.1, 0.15) is 29.7 Å². The molecule has 24 heavy (non-hydrogen) atoms. The van der Waals surface area contributed by atoms with E-state index < -0.39 is 0 Å². The second-order valence-corrected chi connectivity index (χ2v) is 7.16. The summed E-state index contributed by atoms with van der Waals surface area (Å²) in [5.74, 6) is 0.756. The van der Waals surface area contributed by atoms with Gasteiger partial charge < -0.3 is 4.98 Å². The van der Waals surface area contributed by atoms with Gasteiger partial charge in [0.2, 0.25) is 0 Å². The number of aromatic amines is 1. The number of hydrogen-bond acceptors (Lipinski definition) is 2. The molecule has 0 saturated carbocycles. The lowest BCUT2D eigenvalue weighted by Gasteiger charge is -2.32. The van der Waals surface area contributed by atoms with Crippen LogP contribution in [0.2, 0.25) is 0 Å². The third-order valence-electron chi connectivity index (χ3n) is 5.54. The zero-order valence-corrected chi connectivity index (χ0v) is 14.6. The van der Waals surface area contributed by atoms with Gasteiger partial charge in [0.15, 0.2) is 0 Å². The molecule has 1 fully saturated rings. The number of piperidine rings is 1. The number of likely N-dealkylation sites (tertiary alicyclic amines) is 1. The monoisotopic (exact) mass is 322 g/mol. The predicted molar refractivity (Wildman–Crippen MR) is 98.0 cm³/mol. The number of nitrogens with one attached hydrogen (secondary N) is 1. The Balaban J connectivity index is 1.41. The van der Waals surface area contributed by atoms with E-state index in [9.17, 15) is 0 Å². The number of aryl methyl sites for hydroxylation is 2. The Hall–Kier alpha value is -2.07. The molecule has 0 aliphatic carbocycles. The van der Waals surface area contributed by atoms with Crippen LogP contribution in [0.25, 0.3) is 10.9 Å². The number of fused-ring (bicyclic) bond motifs is 1. The van der Waals surface area contributed by atoms with Crippen molar-refractivity contribution < 1.29 is 0 Å². The minimum Gasteiger partial charge on any atom is -0.358 e. The van der Waals surface area contributed by atoms with Crippen LogP contribution in [-0.2, 0) is 13.1 Å². The third kappa shape index (κ3) is 2.98. The lowest BCUT2D eigenvalue weighted by molar-refractivity contribution is 0.165. The summed E-state index contributed by atoms with van der Waals surface area (Å²) in [6, 6.07) is 8.71. The summed E-state index contributed by atoms with van der Waals surface area (Å²) in [5.41, 5.74) is 5.42. The van der Waals surface area contributed by atoms with Gasteiger partial charge in [0.25, 0.3) is 0 Å². The smallest absolute Gasteiger partial charge is 0.0504 e. The summed E-state index contributed by atoms with van der Waals surface area (Å²) in [4.78, 5) is 6.18. The lowest BCUT2D eigenvalue weighted by atomic mass is 9.96. The maximum atomic E-state index is 4.34. The highest BCUT2D eigenvalue weighted by Gasteiger charge is 2.20. The van der Waals surface area contributed by atoms with Gasteiger partial charge in [0.05, 0.1) is 5.52 Å². The normalized spacial score (nSPS) is 16.9. The van der Waals surface area contributed by atoms with Crippen molar-refractivity contribution in [2.24, 2.45) is 5.92 Å². The maximum Gasteiger partial charge on any atom is 0.0504 e. The first-order valence-corrected chi connectivity index (χ1v) is 8.97. The van der Waals surface area contributed by atoms with Crippen molar-refractivity contribution in [1.82, 2.24) is 19.7 Å². The van der Waals surface area contributed by atoms with Crippen LogP contribution in [0.4, 0.5) is 0 Å². The summed E-state index contributed by atoms with van der Waals surface area (Å²) in [5, 5.41) is 5.71. The fraction of sp³-hybridized carbons (Fsp3) is 0.450. The summed E-state index contributed by atoms with van der Waals surface area (Å²) in [6.07, 6.45) is 6.47. The van der Waals surface area contributed by atoms with E-state index in [0.717, 1.165) is 19.0 Å². The van der Waals surface area contributed by atoms with Crippen LogP contribution in [0.5, 0.6) is 0 Å². The second-order valence-electron chi connectivity index (χ2n) is 7.16. The van der Waals surface area contributed by atoms with Crippen molar-refractivity contribution in [1.29, 1.82) is 0 Å². The average Bonchev–Trinajstić information content (AvgIpc) is 3.20. The minimum absolute atomic E-state index is 0.756. The first kappa shape index (κ1) is 15.5. The Morgan fingerprint density at radius 2 is 2.00 bits per heavy atom. The van der Waals surface area contributed by atoms with Crippen molar-refractivity contribution in [3.8, 4) is 0 Å². The number of aromatic nitrogens is 3. The molecule has 3 aromatic rings. The molecular weight excluding hydrogens is 296 g/mol. The Morgan fingerprint density at radius 3 is 2.75 bits per heavy atom. The second kappa shape index (κ2) is 6.44. The van der Waals surface area contributed by atoms with E-state index in [0.29, 0.717) is 0 Å². The molecule has 0 amide bonds. The third-order valence-corrected chi connectivity index (χ3v) is 5.54. The fourth-order valence-electron chi connectivity index (χ4n) is 3.92. The molecule has 1 aliphatic rings. The SMILES string of the molecule is Cc1[nH]c2c(CN3CCC(Cn4cccn4)CC3)cccc2c1C. The van der Waals surface area contributed by atoms with Crippen molar-refractivity contribution in [3.63, 3.8) is 0 Å². The Kier molecular flexibility index (Phi) is 4.15. The molecule has 2 aromatic heterocycles. The molecule has 0 spiro atoms. The van der Waals surface area contributed by atoms with Gasteiger partial charge in [-0.15, -0.1) is 0 Å². The van der Waals surface area contributed by atoms with Gasteiger partial charge in [-0.1, -0.05) is 18.2 Å². The van der Waals surface area contributed by atoms with E-state index >= 15 is 0 Å². The van der Waals surface area contributed by atoms with Crippen molar-refractivity contribution in [3.05, 3.63) is 53.5 Å². The van der Waals surface area contributed by atoms with Crippen molar-refractivity contribution in [2.45, 2.75) is 39.8 Å². The van der Waals surface area contributed by atoms with Gasteiger partial charge in [-0.25, -0.2) is 0 Å². The first-order chi connectivity index (χ1) is 11.7. The van der Waals surface area contributed by atoms with E-state index in [2.05, 4.69) is 57.9 Å². The zero-order chi connectivity index (χ0) is 16.5. The molecule has 1 saturated heterocycles. The molecule has 1 N–H and O–H groups in total. The van der Waals surface area contributed by atoms with Crippen LogP contribution in [-0.4, -0.2) is 32.8 Å². The van der Waals surface area contributed by atoms with Crippen molar-refractivity contribution >= 4 is 10.9 Å². The highest BCUT2D eigenvalue weighted by Crippen LogP contribution is 2.26. The van der Waals surface area contributed by atoms with Gasteiger partial charge in [-0.2, -0.15) is 5.10 Å². The molecule has 1 aliphatic heterocycles. The molecule has 3 heterocycles. The predicted octanol–water partition coefficient (Wildman–Crippen LogP) is 3.89. The lowest BCUT2D eigenvalue weighted by Crippen LogP contribution is -2.34. The van der Waals surface area contributed by atoms with E-state index in [1.165, 1.54) is 53.7 Å². The fourth-order valence-corrected chi connectivity index (χ4v) is 3.92. The maximum absolute atomic E-state index is 4.34. The quantitative estimate of drug-likeness (QED) is 0.791. The van der Waals surface area contributed by atoms with E-state index in [1.54, 1.807) is 0 Å². The summed E-state index contributed by atoms with van der Waals surface area (Å²) in [6.45, 7) is 8.84. The van der Waals surface area contributed by atoms with Crippen molar-refractivity contribution in [2.75, 3.05) is 13.1 Å². The molecule has 0 atom stereocenters. The van der Waals surface area contributed by atoms with Gasteiger partial charge in [0, 0.05) is 36.6 Å². The molecule has 4 heteroatoms. The molecule has 0 unspecified atom stereocenters. The highest BCUT2D eigenvalue weighted by molar-refractivity contribution is 5.87. The standard InChI is InChI=1S/C20H26N4/c1-15-16(2)22-20-18(5-3-6-19(15)20)14-23-11-7-17(8-12-23)13-24-10-4-9-21-24/h3-6,9-10,17,22H,7-8,11-14H2,1-2H3. The molecular formula is C20H26N4. The Morgan fingerprint density at radius 1 is 1.17 bits per heavy atom. The van der Waals surface area contributed by atoms with Gasteiger partial charge in [-0.05, 0) is 62.9 Å². The Bertz CT molecular complexity index is 808. The minimum atomic E-state index is 0.756. The van der Waals surface area contributed by atoms with Crippen LogP contribution >= 0.6 is 0 Å². The number of H-pyrrole nitrogens is 1. The van der Waals surface area contributed by atoms with Gasteiger partial charge in [-0.3, -0.25) is 9.58 Å². The molecule has 126 valence electrons. The van der Waals surface area contributed by atoms with Crippen LogP contribution < -0.4 is 0 Å². The number of para-hydroxylation sites is 1. The van der Waals surface area contributed by atoms with E-state index in [4.69, 9.17) is 0 Å². The molecule has 0 bridgehead atoms.